The Morgan fingerprint density at radius 3 is 3.18 bits per heavy atom. The lowest BCUT2D eigenvalue weighted by molar-refractivity contribution is 0.202. The average Bonchev–Trinajstić information content (AvgIpc) is 2.51. The second-order valence-electron chi connectivity index (χ2n) is 4.21. The SMILES string of the molecule is NC(=O)N1CCc2nn3c(c2C1)C=NNCC3. The molecule has 0 aliphatic carbocycles. The van der Waals surface area contributed by atoms with Gasteiger partial charge in [0, 0.05) is 18.5 Å². The Labute approximate surface area is 98.3 Å². The molecule has 0 radical (unpaired) electrons. The van der Waals surface area contributed by atoms with Crippen molar-refractivity contribution in [3.8, 4) is 0 Å². The van der Waals surface area contributed by atoms with Crippen LogP contribution in [0.5, 0.6) is 0 Å². The van der Waals surface area contributed by atoms with E-state index < -0.39 is 0 Å². The minimum Gasteiger partial charge on any atom is -0.351 e. The fraction of sp³-hybridized carbons (Fsp3) is 0.500. The first kappa shape index (κ1) is 10.1. The van der Waals surface area contributed by atoms with E-state index in [2.05, 4.69) is 15.6 Å². The van der Waals surface area contributed by atoms with Gasteiger partial charge in [-0.1, -0.05) is 0 Å². The van der Waals surface area contributed by atoms with Gasteiger partial charge in [0.25, 0.3) is 0 Å². The number of hydrazone groups is 1. The van der Waals surface area contributed by atoms with Gasteiger partial charge in [-0.3, -0.25) is 4.68 Å². The number of amides is 2. The van der Waals surface area contributed by atoms with Crippen molar-refractivity contribution < 1.29 is 4.79 Å². The molecule has 2 aliphatic heterocycles. The van der Waals surface area contributed by atoms with Crippen molar-refractivity contribution in [1.29, 1.82) is 0 Å². The quantitative estimate of drug-likeness (QED) is 0.619. The highest BCUT2D eigenvalue weighted by Gasteiger charge is 2.25. The van der Waals surface area contributed by atoms with Gasteiger partial charge >= 0.3 is 6.03 Å². The first-order chi connectivity index (χ1) is 8.25. The van der Waals surface area contributed by atoms with E-state index >= 15 is 0 Å². The second kappa shape index (κ2) is 3.76. The molecule has 7 nitrogen and oxygen atoms in total. The normalized spacial score (nSPS) is 18.0. The van der Waals surface area contributed by atoms with Crippen LogP contribution in [0.25, 0.3) is 0 Å². The van der Waals surface area contributed by atoms with E-state index in [9.17, 15) is 4.79 Å². The van der Waals surface area contributed by atoms with Crippen LogP contribution in [0, 0.1) is 0 Å². The second-order valence-corrected chi connectivity index (χ2v) is 4.21. The van der Waals surface area contributed by atoms with Gasteiger partial charge < -0.3 is 16.1 Å². The number of urea groups is 1. The van der Waals surface area contributed by atoms with Crippen LogP contribution in [0.15, 0.2) is 5.10 Å². The summed E-state index contributed by atoms with van der Waals surface area (Å²) in [6, 6.07) is -0.376. The molecule has 2 amide bonds. The predicted molar refractivity (Wildman–Crippen MR) is 61.5 cm³/mol. The van der Waals surface area contributed by atoms with Crippen LogP contribution in [-0.4, -0.2) is 40.0 Å². The van der Waals surface area contributed by atoms with Crippen molar-refractivity contribution in [1.82, 2.24) is 20.1 Å². The maximum atomic E-state index is 11.2. The van der Waals surface area contributed by atoms with Gasteiger partial charge in [-0.2, -0.15) is 10.2 Å². The number of carbonyl (C=O) groups excluding carboxylic acids is 1. The van der Waals surface area contributed by atoms with E-state index in [-0.39, 0.29) is 6.03 Å². The summed E-state index contributed by atoms with van der Waals surface area (Å²) in [5, 5.41) is 8.64. The topological polar surface area (TPSA) is 88.5 Å². The molecule has 1 aromatic rings. The summed E-state index contributed by atoms with van der Waals surface area (Å²) in [5.74, 6) is 0. The van der Waals surface area contributed by atoms with Gasteiger partial charge in [0.05, 0.1) is 37.2 Å². The Bertz CT molecular complexity index is 491. The van der Waals surface area contributed by atoms with Crippen LogP contribution < -0.4 is 11.2 Å². The highest BCUT2D eigenvalue weighted by Crippen LogP contribution is 2.21. The average molecular weight is 234 g/mol. The van der Waals surface area contributed by atoms with Crippen molar-refractivity contribution >= 4 is 12.2 Å². The van der Waals surface area contributed by atoms with Gasteiger partial charge in [0.15, 0.2) is 0 Å². The van der Waals surface area contributed by atoms with Crippen molar-refractivity contribution in [3.05, 3.63) is 17.0 Å². The van der Waals surface area contributed by atoms with E-state index in [0.717, 1.165) is 36.5 Å². The smallest absolute Gasteiger partial charge is 0.315 e. The number of rotatable bonds is 0. The molecule has 7 heteroatoms. The zero-order chi connectivity index (χ0) is 11.8. The van der Waals surface area contributed by atoms with Crippen molar-refractivity contribution in [2.45, 2.75) is 19.5 Å². The van der Waals surface area contributed by atoms with E-state index in [1.54, 1.807) is 11.1 Å². The number of nitrogens with zero attached hydrogens (tertiary/aromatic N) is 4. The number of hydrogen-bond acceptors (Lipinski definition) is 4. The Morgan fingerprint density at radius 2 is 2.35 bits per heavy atom. The Hall–Kier alpha value is -2.05. The van der Waals surface area contributed by atoms with Crippen LogP contribution in [0.4, 0.5) is 4.79 Å². The number of hydrogen-bond donors (Lipinski definition) is 2. The number of nitrogens with one attached hydrogen (secondary N) is 1. The third-order valence-electron chi connectivity index (χ3n) is 3.17. The van der Waals surface area contributed by atoms with Crippen LogP contribution >= 0.6 is 0 Å². The molecule has 0 spiro atoms. The molecule has 0 bridgehead atoms. The molecule has 2 aliphatic rings. The molecule has 0 unspecified atom stereocenters. The third-order valence-corrected chi connectivity index (χ3v) is 3.17. The molecular formula is C10H14N6O. The Balaban J connectivity index is 2.00. The lowest BCUT2D eigenvalue weighted by Crippen LogP contribution is -2.39. The van der Waals surface area contributed by atoms with Gasteiger partial charge in [-0.25, -0.2) is 4.79 Å². The largest absolute Gasteiger partial charge is 0.351 e. The summed E-state index contributed by atoms with van der Waals surface area (Å²) >= 11 is 0. The maximum Gasteiger partial charge on any atom is 0.315 e. The summed E-state index contributed by atoms with van der Waals surface area (Å²) in [6.07, 6.45) is 2.53. The minimum atomic E-state index is -0.376. The molecule has 0 fully saturated rings. The maximum absolute atomic E-state index is 11.2. The van der Waals surface area contributed by atoms with E-state index in [4.69, 9.17) is 5.73 Å². The van der Waals surface area contributed by atoms with Crippen LogP contribution in [0.2, 0.25) is 0 Å². The van der Waals surface area contributed by atoms with Gasteiger partial charge in [-0.05, 0) is 0 Å². The summed E-state index contributed by atoms with van der Waals surface area (Å²) in [6.45, 7) is 2.74. The molecule has 0 saturated carbocycles. The molecule has 3 N–H and O–H groups in total. The zero-order valence-corrected chi connectivity index (χ0v) is 9.39. The van der Waals surface area contributed by atoms with Gasteiger partial charge in [0.1, 0.15) is 0 Å². The summed E-state index contributed by atoms with van der Waals surface area (Å²) in [4.78, 5) is 12.8. The van der Waals surface area contributed by atoms with E-state index in [1.807, 2.05) is 4.68 Å². The Kier molecular flexibility index (Phi) is 2.24. The molecular weight excluding hydrogens is 220 g/mol. The number of aromatic nitrogens is 2. The highest BCUT2D eigenvalue weighted by atomic mass is 16.2. The molecule has 17 heavy (non-hydrogen) atoms. The summed E-state index contributed by atoms with van der Waals surface area (Å²) in [7, 11) is 0. The third kappa shape index (κ3) is 1.63. The van der Waals surface area contributed by atoms with Crippen molar-refractivity contribution in [2.75, 3.05) is 13.1 Å². The lowest BCUT2D eigenvalue weighted by atomic mass is 10.1. The number of primary amides is 1. The fourth-order valence-electron chi connectivity index (χ4n) is 2.28. The van der Waals surface area contributed by atoms with E-state index in [0.29, 0.717) is 13.1 Å². The molecule has 90 valence electrons. The monoisotopic (exact) mass is 234 g/mol. The summed E-state index contributed by atoms with van der Waals surface area (Å²) < 4.78 is 1.94. The molecule has 1 aromatic heterocycles. The molecule has 0 atom stereocenters. The van der Waals surface area contributed by atoms with E-state index in [1.165, 1.54) is 0 Å². The number of carbonyl (C=O) groups is 1. The number of nitrogens with two attached hydrogens (primary N) is 1. The lowest BCUT2D eigenvalue weighted by Gasteiger charge is -2.24. The zero-order valence-electron chi connectivity index (χ0n) is 9.39. The molecule has 3 rings (SSSR count). The predicted octanol–water partition coefficient (Wildman–Crippen LogP) is -0.743. The standard InChI is InChI=1S/C10H14N6O/c11-10(17)15-3-1-8-7(6-15)9-5-13-12-2-4-16(9)14-8/h5,12H,1-4,6H2,(H2,11,17). The number of fused-ring (bicyclic) bond motifs is 3. The minimum absolute atomic E-state index is 0.376. The summed E-state index contributed by atoms with van der Waals surface area (Å²) in [5.41, 5.74) is 11.4. The molecule has 0 saturated heterocycles. The Morgan fingerprint density at radius 1 is 1.47 bits per heavy atom. The van der Waals surface area contributed by atoms with Crippen LogP contribution in [0.1, 0.15) is 17.0 Å². The van der Waals surface area contributed by atoms with Crippen LogP contribution in [-0.2, 0) is 19.5 Å². The highest BCUT2D eigenvalue weighted by molar-refractivity contribution is 5.81. The molecule has 0 aromatic carbocycles. The van der Waals surface area contributed by atoms with Gasteiger partial charge in [-0.15, -0.1) is 0 Å². The molecule has 3 heterocycles. The van der Waals surface area contributed by atoms with Crippen molar-refractivity contribution in [3.63, 3.8) is 0 Å². The van der Waals surface area contributed by atoms with Crippen molar-refractivity contribution in [2.24, 2.45) is 10.8 Å². The first-order valence-corrected chi connectivity index (χ1v) is 5.64. The first-order valence-electron chi connectivity index (χ1n) is 5.64. The van der Waals surface area contributed by atoms with Crippen LogP contribution in [0.3, 0.4) is 0 Å². The van der Waals surface area contributed by atoms with Gasteiger partial charge in [0.2, 0.25) is 0 Å². The fourth-order valence-corrected chi connectivity index (χ4v) is 2.28.